The predicted octanol–water partition coefficient (Wildman–Crippen LogP) is 5.04. The molecule has 0 amide bonds. The summed E-state index contributed by atoms with van der Waals surface area (Å²) in [5.74, 6) is 1.69. The van der Waals surface area contributed by atoms with Crippen molar-refractivity contribution in [2.75, 3.05) is 5.32 Å². The van der Waals surface area contributed by atoms with Gasteiger partial charge in [-0.3, -0.25) is 0 Å². The number of para-hydroxylation sites is 2. The number of nitrogens with zero attached hydrogens (tertiary/aromatic N) is 2. The van der Waals surface area contributed by atoms with E-state index in [1.54, 1.807) is 23.5 Å². The van der Waals surface area contributed by atoms with Crippen molar-refractivity contribution < 1.29 is 5.11 Å². The summed E-state index contributed by atoms with van der Waals surface area (Å²) in [6.07, 6.45) is 0.670. The van der Waals surface area contributed by atoms with E-state index in [2.05, 4.69) is 30.4 Å². The van der Waals surface area contributed by atoms with E-state index in [9.17, 15) is 5.11 Å². The van der Waals surface area contributed by atoms with Crippen LogP contribution in [0, 0.1) is 6.92 Å². The molecule has 2 N–H and O–H groups in total. The van der Waals surface area contributed by atoms with Gasteiger partial charge in [-0.1, -0.05) is 42.5 Å². The van der Waals surface area contributed by atoms with Gasteiger partial charge in [-0.05, 0) is 30.7 Å². The van der Waals surface area contributed by atoms with E-state index in [0.717, 1.165) is 21.9 Å². The summed E-state index contributed by atoms with van der Waals surface area (Å²) in [6.45, 7) is 2.06. The minimum Gasteiger partial charge on any atom is -0.506 e. The lowest BCUT2D eigenvalue weighted by molar-refractivity contribution is 0.477. The second-order valence-corrected chi connectivity index (χ2v) is 7.10. The highest BCUT2D eigenvalue weighted by molar-refractivity contribution is 7.18. The average molecular weight is 347 g/mol. The third kappa shape index (κ3) is 3.32. The third-order valence-corrected chi connectivity index (χ3v) is 4.87. The molecule has 0 unspecified atom stereocenters. The molecule has 0 spiro atoms. The van der Waals surface area contributed by atoms with Crippen LogP contribution in [0.15, 0.2) is 60.7 Å². The van der Waals surface area contributed by atoms with E-state index in [0.29, 0.717) is 12.1 Å². The number of aromatic nitrogens is 2. The Morgan fingerprint density at radius 3 is 2.56 bits per heavy atom. The zero-order chi connectivity index (χ0) is 17.2. The van der Waals surface area contributed by atoms with Crippen molar-refractivity contribution in [1.82, 2.24) is 9.97 Å². The molecule has 2 aromatic carbocycles. The van der Waals surface area contributed by atoms with Crippen LogP contribution < -0.4 is 5.32 Å². The largest absolute Gasteiger partial charge is 0.506 e. The quantitative estimate of drug-likeness (QED) is 0.508. The summed E-state index contributed by atoms with van der Waals surface area (Å²) >= 11 is 1.65. The van der Waals surface area contributed by atoms with E-state index >= 15 is 0 Å². The smallest absolute Gasteiger partial charge is 0.143 e. The lowest BCUT2D eigenvalue weighted by Gasteiger charge is -2.10. The summed E-state index contributed by atoms with van der Waals surface area (Å²) in [5, 5.41) is 14.3. The van der Waals surface area contributed by atoms with Gasteiger partial charge in [0.1, 0.15) is 22.2 Å². The normalized spacial score (nSPS) is 10.9. The van der Waals surface area contributed by atoms with Gasteiger partial charge in [-0.25, -0.2) is 9.97 Å². The first-order valence-corrected chi connectivity index (χ1v) is 8.87. The molecule has 0 atom stereocenters. The first kappa shape index (κ1) is 15.6. The summed E-state index contributed by atoms with van der Waals surface area (Å²) in [7, 11) is 0. The molecule has 4 nitrogen and oxygen atoms in total. The fourth-order valence-corrected chi connectivity index (χ4v) is 3.64. The summed E-state index contributed by atoms with van der Waals surface area (Å²) in [6, 6.07) is 19.4. The topological polar surface area (TPSA) is 58.0 Å². The Hall–Kier alpha value is -2.92. The maximum atomic E-state index is 10.1. The number of thiophene rings is 1. The molecule has 0 bridgehead atoms. The number of anilines is 2. The maximum absolute atomic E-state index is 10.1. The van der Waals surface area contributed by atoms with Crippen molar-refractivity contribution in [2.45, 2.75) is 13.3 Å². The van der Waals surface area contributed by atoms with Crippen molar-refractivity contribution in [3.8, 4) is 5.75 Å². The highest BCUT2D eigenvalue weighted by Crippen LogP contribution is 2.33. The molecule has 0 aliphatic carbocycles. The molecule has 4 rings (SSSR count). The van der Waals surface area contributed by atoms with E-state index in [-0.39, 0.29) is 5.75 Å². The van der Waals surface area contributed by atoms with Crippen LogP contribution in [-0.2, 0) is 6.42 Å². The van der Waals surface area contributed by atoms with Crippen LogP contribution in [0.3, 0.4) is 0 Å². The third-order valence-electron chi connectivity index (χ3n) is 3.92. The molecule has 0 fully saturated rings. The summed E-state index contributed by atoms with van der Waals surface area (Å²) < 4.78 is 0. The van der Waals surface area contributed by atoms with Crippen LogP contribution in [0.25, 0.3) is 10.2 Å². The number of phenolic OH excluding ortho intramolecular Hbond substituents is 1. The molecule has 4 aromatic rings. The fourth-order valence-electron chi connectivity index (χ4n) is 2.75. The van der Waals surface area contributed by atoms with Gasteiger partial charge in [0.2, 0.25) is 0 Å². The van der Waals surface area contributed by atoms with Crippen LogP contribution in [0.5, 0.6) is 5.75 Å². The zero-order valence-corrected chi connectivity index (χ0v) is 14.5. The Bertz CT molecular complexity index is 1030. The van der Waals surface area contributed by atoms with Gasteiger partial charge >= 0.3 is 0 Å². The molecule has 2 heterocycles. The molecule has 0 radical (unpaired) electrons. The molecule has 2 aromatic heterocycles. The molecule has 25 heavy (non-hydrogen) atoms. The van der Waals surface area contributed by atoms with Crippen molar-refractivity contribution in [3.63, 3.8) is 0 Å². The molecule has 0 aliphatic heterocycles. The molecule has 5 heteroatoms. The van der Waals surface area contributed by atoms with Crippen molar-refractivity contribution in [2.24, 2.45) is 0 Å². The number of aryl methyl sites for hydroxylation is 1. The Balaban J connectivity index is 1.77. The van der Waals surface area contributed by atoms with Gasteiger partial charge in [-0.15, -0.1) is 11.3 Å². The second-order valence-electron chi connectivity index (χ2n) is 5.87. The first-order valence-electron chi connectivity index (χ1n) is 8.05. The zero-order valence-electron chi connectivity index (χ0n) is 13.7. The number of phenols is 1. The minimum absolute atomic E-state index is 0.200. The summed E-state index contributed by atoms with van der Waals surface area (Å²) in [5.41, 5.74) is 1.81. The molecular weight excluding hydrogens is 330 g/mol. The highest BCUT2D eigenvalue weighted by Gasteiger charge is 2.12. The monoisotopic (exact) mass is 347 g/mol. The average Bonchev–Trinajstić information content (AvgIpc) is 2.98. The SMILES string of the molecule is Cc1cc2c(Nc3ccccc3O)nc(Cc3ccccc3)nc2s1. The van der Waals surface area contributed by atoms with E-state index in [1.807, 2.05) is 30.3 Å². The van der Waals surface area contributed by atoms with Crippen LogP contribution >= 0.6 is 11.3 Å². The highest BCUT2D eigenvalue weighted by atomic mass is 32.1. The van der Waals surface area contributed by atoms with E-state index in [4.69, 9.17) is 9.97 Å². The Kier molecular flexibility index (Phi) is 4.07. The maximum Gasteiger partial charge on any atom is 0.143 e. The Morgan fingerprint density at radius 2 is 1.76 bits per heavy atom. The second kappa shape index (κ2) is 6.53. The number of aromatic hydroxyl groups is 1. The molecule has 124 valence electrons. The standard InChI is InChI=1S/C20H17N3OS/c1-13-11-15-19(21-16-9-5-6-10-17(16)24)22-18(23-20(15)25-13)12-14-7-3-2-4-8-14/h2-11,24H,12H2,1H3,(H,21,22,23). The van der Waals surface area contributed by atoms with Gasteiger partial charge in [-0.2, -0.15) is 0 Å². The van der Waals surface area contributed by atoms with Crippen LogP contribution in [0.1, 0.15) is 16.3 Å². The van der Waals surface area contributed by atoms with Crippen LogP contribution in [-0.4, -0.2) is 15.1 Å². The molecule has 0 saturated carbocycles. The number of nitrogens with one attached hydrogen (secondary N) is 1. The lowest BCUT2D eigenvalue weighted by atomic mass is 10.1. The number of hydrogen-bond donors (Lipinski definition) is 2. The molecule has 0 aliphatic rings. The Morgan fingerprint density at radius 1 is 1.00 bits per heavy atom. The van der Waals surface area contributed by atoms with Gasteiger partial charge in [0.15, 0.2) is 0 Å². The summed E-state index contributed by atoms with van der Waals surface area (Å²) in [4.78, 5) is 11.6. The Labute approximate surface area is 149 Å². The van der Waals surface area contributed by atoms with Crippen LogP contribution in [0.2, 0.25) is 0 Å². The van der Waals surface area contributed by atoms with Gasteiger partial charge < -0.3 is 10.4 Å². The van der Waals surface area contributed by atoms with Gasteiger partial charge in [0.25, 0.3) is 0 Å². The van der Waals surface area contributed by atoms with E-state index in [1.165, 1.54) is 10.4 Å². The van der Waals surface area contributed by atoms with Gasteiger partial charge in [0, 0.05) is 11.3 Å². The number of hydrogen-bond acceptors (Lipinski definition) is 5. The van der Waals surface area contributed by atoms with Crippen molar-refractivity contribution in [1.29, 1.82) is 0 Å². The molecule has 0 saturated heterocycles. The van der Waals surface area contributed by atoms with Gasteiger partial charge in [0.05, 0.1) is 11.1 Å². The molecular formula is C20H17N3OS. The van der Waals surface area contributed by atoms with Crippen molar-refractivity contribution in [3.05, 3.63) is 76.9 Å². The minimum atomic E-state index is 0.200. The van der Waals surface area contributed by atoms with Crippen LogP contribution in [0.4, 0.5) is 11.5 Å². The number of fused-ring (bicyclic) bond motifs is 1. The van der Waals surface area contributed by atoms with E-state index < -0.39 is 0 Å². The van der Waals surface area contributed by atoms with Crippen molar-refractivity contribution >= 4 is 33.1 Å². The fraction of sp³-hybridized carbons (Fsp3) is 0.100. The first-order chi connectivity index (χ1) is 12.2. The number of benzene rings is 2. The predicted molar refractivity (Wildman–Crippen MR) is 103 cm³/mol. The number of rotatable bonds is 4. The lowest BCUT2D eigenvalue weighted by Crippen LogP contribution is -2.01.